The Morgan fingerprint density at radius 3 is 2.27 bits per heavy atom. The van der Waals surface area contributed by atoms with E-state index in [1.165, 1.54) is 23.3 Å². The Labute approximate surface area is 238 Å². The summed E-state index contributed by atoms with van der Waals surface area (Å²) < 4.78 is 47.0. The highest BCUT2D eigenvalue weighted by Gasteiger charge is 2.35. The summed E-state index contributed by atoms with van der Waals surface area (Å²) in [7, 11) is 0. The number of aryl methyl sites for hydroxylation is 1. The lowest BCUT2D eigenvalue weighted by Crippen LogP contribution is -2.48. The lowest BCUT2D eigenvalue weighted by molar-refractivity contribution is -0.139. The molecule has 1 saturated heterocycles. The van der Waals surface area contributed by atoms with Crippen molar-refractivity contribution in [1.82, 2.24) is 9.80 Å². The minimum absolute atomic E-state index is 0.105. The Morgan fingerprint density at radius 2 is 1.60 bits per heavy atom. The molecule has 3 aromatic rings. The lowest BCUT2D eigenvalue weighted by atomic mass is 9.96. The largest absolute Gasteiger partial charge is 0.514 e. The van der Waals surface area contributed by atoms with Crippen LogP contribution in [0.2, 0.25) is 5.02 Å². The third-order valence-electron chi connectivity index (χ3n) is 7.13. The van der Waals surface area contributed by atoms with Crippen molar-refractivity contribution < 1.29 is 22.8 Å². The molecular formula is C30H35ClF3N4O2-. The molecular weight excluding hydrogens is 541 g/mol. The number of nitrogens with zero attached hydrogens (tertiary/aromatic N) is 3. The van der Waals surface area contributed by atoms with Crippen LogP contribution in [-0.2, 0) is 17.5 Å². The zero-order chi connectivity index (χ0) is 28.4. The van der Waals surface area contributed by atoms with Crippen LogP contribution in [0.5, 0.6) is 5.75 Å². The van der Waals surface area contributed by atoms with Crippen LogP contribution in [0.3, 0.4) is 0 Å². The van der Waals surface area contributed by atoms with Gasteiger partial charge in [0.1, 0.15) is 12.4 Å². The van der Waals surface area contributed by atoms with E-state index in [1.54, 1.807) is 6.07 Å². The highest BCUT2D eigenvalue weighted by molar-refractivity contribution is 6.30. The molecule has 1 heterocycles. The van der Waals surface area contributed by atoms with E-state index < -0.39 is 11.7 Å². The number of piperazine rings is 1. The molecule has 0 amide bonds. The number of hydroxylamine groups is 1. The fraction of sp³-hybridized carbons (Fsp3) is 0.400. The topological polar surface area (TPSA) is 65.1 Å². The maximum Gasteiger partial charge on any atom is 0.419 e. The summed E-state index contributed by atoms with van der Waals surface area (Å²) in [6.45, 7) is 4.40. The van der Waals surface area contributed by atoms with E-state index in [-0.39, 0.29) is 18.4 Å². The predicted octanol–water partition coefficient (Wildman–Crippen LogP) is 6.65. The maximum absolute atomic E-state index is 13.8. The highest BCUT2D eigenvalue weighted by atomic mass is 35.5. The quantitative estimate of drug-likeness (QED) is 0.183. The van der Waals surface area contributed by atoms with E-state index in [0.29, 0.717) is 42.9 Å². The first kappa shape index (κ1) is 30.3. The number of alkyl halides is 3. The van der Waals surface area contributed by atoms with Crippen molar-refractivity contribution in [2.24, 2.45) is 5.90 Å². The first-order chi connectivity index (χ1) is 19.3. The van der Waals surface area contributed by atoms with Gasteiger partial charge in [0.05, 0.1) is 11.6 Å². The maximum atomic E-state index is 13.8. The number of benzene rings is 3. The molecule has 10 heteroatoms. The van der Waals surface area contributed by atoms with Crippen molar-refractivity contribution in [1.29, 1.82) is 0 Å². The molecule has 4 rings (SSSR count). The van der Waals surface area contributed by atoms with Gasteiger partial charge in [0, 0.05) is 37.7 Å². The molecule has 0 radical (unpaired) electrons. The van der Waals surface area contributed by atoms with Crippen LogP contribution in [0, 0.1) is 0 Å². The van der Waals surface area contributed by atoms with Gasteiger partial charge in [-0.15, -0.1) is 6.54 Å². The Bertz CT molecular complexity index is 1170. The van der Waals surface area contributed by atoms with Gasteiger partial charge in [-0.2, -0.15) is 13.2 Å². The first-order valence-corrected chi connectivity index (χ1v) is 13.9. The Balaban J connectivity index is 1.31. The number of nitrogens with two attached hydrogens (primary N) is 1. The molecule has 3 aromatic carbocycles. The SMILES string of the molecule is NO[N-]CCCCc1ccc(OCCN2CCN([C@@H](c3ccccc3)c3ccc(Cl)cc3)CC2)c(C(F)(F)F)c1. The van der Waals surface area contributed by atoms with Gasteiger partial charge in [-0.05, 0) is 47.4 Å². The summed E-state index contributed by atoms with van der Waals surface area (Å²) in [6.07, 6.45) is -2.63. The monoisotopic (exact) mass is 575 g/mol. The van der Waals surface area contributed by atoms with Gasteiger partial charge >= 0.3 is 6.18 Å². The standard InChI is InChI=1S/C30H35ClF3N4O2/c31-26-12-10-25(11-13-26)29(24-7-2-1-3-8-24)38-18-16-37(17-19-38)20-21-39-28-14-9-23(6-4-5-15-36-40-35)22-27(28)30(32,33)34/h1-3,7-14,22,29H,4-6,15-21,35H2/q-1/t29-/m0/s1. The number of hydrogen-bond acceptors (Lipinski definition) is 5. The van der Waals surface area contributed by atoms with E-state index in [0.717, 1.165) is 26.2 Å². The number of hydrogen-bond donors (Lipinski definition) is 1. The molecule has 0 bridgehead atoms. The molecule has 216 valence electrons. The van der Waals surface area contributed by atoms with Crippen molar-refractivity contribution in [2.45, 2.75) is 31.5 Å². The van der Waals surface area contributed by atoms with E-state index in [4.69, 9.17) is 22.2 Å². The van der Waals surface area contributed by atoms with Gasteiger partial charge in [-0.25, -0.2) is 5.90 Å². The van der Waals surface area contributed by atoms with Crippen LogP contribution in [0.25, 0.3) is 5.48 Å². The molecule has 0 saturated carbocycles. The molecule has 1 aliphatic rings. The summed E-state index contributed by atoms with van der Waals surface area (Å²) in [6, 6.07) is 22.7. The van der Waals surface area contributed by atoms with Crippen LogP contribution in [0.1, 0.15) is 41.1 Å². The minimum Gasteiger partial charge on any atom is -0.514 e. The molecule has 0 aliphatic carbocycles. The second-order valence-electron chi connectivity index (χ2n) is 9.83. The van der Waals surface area contributed by atoms with Crippen LogP contribution >= 0.6 is 11.6 Å². The molecule has 0 unspecified atom stereocenters. The summed E-state index contributed by atoms with van der Waals surface area (Å²) in [4.78, 5) is 8.83. The zero-order valence-electron chi connectivity index (χ0n) is 22.3. The molecule has 40 heavy (non-hydrogen) atoms. The first-order valence-electron chi connectivity index (χ1n) is 13.5. The molecule has 0 spiro atoms. The third-order valence-corrected chi connectivity index (χ3v) is 7.38. The summed E-state index contributed by atoms with van der Waals surface area (Å²) >= 11 is 6.13. The average molecular weight is 576 g/mol. The summed E-state index contributed by atoms with van der Waals surface area (Å²) in [5, 5.41) is 0.703. The fourth-order valence-corrected chi connectivity index (χ4v) is 5.19. The highest BCUT2D eigenvalue weighted by Crippen LogP contribution is 2.37. The fourth-order valence-electron chi connectivity index (χ4n) is 5.06. The van der Waals surface area contributed by atoms with E-state index >= 15 is 0 Å². The van der Waals surface area contributed by atoms with Crippen LogP contribution in [0.15, 0.2) is 72.8 Å². The van der Waals surface area contributed by atoms with E-state index in [9.17, 15) is 13.2 Å². The van der Waals surface area contributed by atoms with Crippen molar-refractivity contribution in [3.05, 3.63) is 106 Å². The normalized spacial score (nSPS) is 15.7. The van der Waals surface area contributed by atoms with E-state index in [2.05, 4.69) is 44.5 Å². The van der Waals surface area contributed by atoms with Crippen LogP contribution in [0.4, 0.5) is 13.2 Å². The Kier molecular flexibility index (Phi) is 11.2. The van der Waals surface area contributed by atoms with Crippen LogP contribution in [-0.4, -0.2) is 55.7 Å². The molecule has 6 nitrogen and oxygen atoms in total. The van der Waals surface area contributed by atoms with Gasteiger partial charge in [0.15, 0.2) is 0 Å². The van der Waals surface area contributed by atoms with Crippen molar-refractivity contribution in [2.75, 3.05) is 45.9 Å². The molecule has 1 aliphatic heterocycles. The third kappa shape index (κ3) is 8.67. The van der Waals surface area contributed by atoms with Crippen molar-refractivity contribution in [3.8, 4) is 5.75 Å². The molecule has 2 N–H and O–H groups in total. The van der Waals surface area contributed by atoms with Gasteiger partial charge in [-0.3, -0.25) is 9.80 Å². The Morgan fingerprint density at radius 1 is 0.900 bits per heavy atom. The summed E-state index contributed by atoms with van der Waals surface area (Å²) in [5.74, 6) is 4.71. The second kappa shape index (κ2) is 14.8. The number of ether oxygens (including phenoxy) is 1. The van der Waals surface area contributed by atoms with Crippen LogP contribution < -0.4 is 10.6 Å². The van der Waals surface area contributed by atoms with Gasteiger partial charge in [-0.1, -0.05) is 73.0 Å². The van der Waals surface area contributed by atoms with Crippen molar-refractivity contribution in [3.63, 3.8) is 0 Å². The molecule has 0 aromatic heterocycles. The number of unbranched alkanes of at least 4 members (excludes halogenated alkanes) is 1. The second-order valence-corrected chi connectivity index (χ2v) is 10.3. The van der Waals surface area contributed by atoms with Gasteiger partial charge < -0.3 is 15.2 Å². The van der Waals surface area contributed by atoms with Crippen molar-refractivity contribution >= 4 is 11.6 Å². The van der Waals surface area contributed by atoms with Gasteiger partial charge in [0.25, 0.3) is 0 Å². The Hall–Kier alpha value is -2.66. The molecule has 1 atom stereocenters. The predicted molar refractivity (Wildman–Crippen MR) is 151 cm³/mol. The number of halogens is 4. The average Bonchev–Trinajstić information content (AvgIpc) is 2.95. The lowest BCUT2D eigenvalue weighted by Gasteiger charge is -2.39. The smallest absolute Gasteiger partial charge is 0.419 e. The molecule has 1 fully saturated rings. The summed E-state index contributed by atoms with van der Waals surface area (Å²) in [5.41, 5.74) is 5.82. The van der Waals surface area contributed by atoms with E-state index in [1.807, 2.05) is 30.3 Å². The van der Waals surface area contributed by atoms with Gasteiger partial charge in [0.2, 0.25) is 0 Å². The minimum atomic E-state index is -4.49. The zero-order valence-corrected chi connectivity index (χ0v) is 23.1. The number of rotatable bonds is 13.